The van der Waals surface area contributed by atoms with Crippen molar-refractivity contribution in [3.05, 3.63) is 88.5 Å². The van der Waals surface area contributed by atoms with Gasteiger partial charge in [-0.2, -0.15) is 0 Å². The van der Waals surface area contributed by atoms with Gasteiger partial charge in [-0.1, -0.05) is 36.4 Å². The highest BCUT2D eigenvalue weighted by molar-refractivity contribution is 5.98. The van der Waals surface area contributed by atoms with Crippen LogP contribution in [-0.4, -0.2) is 11.4 Å². The zero-order valence-corrected chi connectivity index (χ0v) is 17.5. The van der Waals surface area contributed by atoms with Gasteiger partial charge in [0, 0.05) is 17.5 Å². The Hall–Kier alpha value is -3.01. The summed E-state index contributed by atoms with van der Waals surface area (Å²) in [6, 6.07) is 15.2. The molecule has 1 spiro atoms. The third kappa shape index (κ3) is 3.65. The molecule has 4 heteroatoms. The first kappa shape index (κ1) is 19.9. The second-order valence-electron chi connectivity index (χ2n) is 8.79. The number of fused-ring (bicyclic) bond motifs is 1. The summed E-state index contributed by atoms with van der Waals surface area (Å²) in [6.07, 6.45) is 5.35. The van der Waals surface area contributed by atoms with Crippen molar-refractivity contribution in [1.82, 2.24) is 0 Å². The molecule has 0 saturated heterocycles. The molecule has 1 aliphatic carbocycles. The minimum Gasteiger partial charge on any atom is -0.487 e. The van der Waals surface area contributed by atoms with Crippen LogP contribution in [0.2, 0.25) is 0 Å². The van der Waals surface area contributed by atoms with Crippen LogP contribution in [0.5, 0.6) is 5.75 Å². The topological polar surface area (TPSA) is 26.3 Å². The summed E-state index contributed by atoms with van der Waals surface area (Å²) >= 11 is 0. The van der Waals surface area contributed by atoms with Crippen LogP contribution in [0.15, 0.2) is 54.6 Å². The van der Waals surface area contributed by atoms with Crippen molar-refractivity contribution in [2.45, 2.75) is 51.0 Å². The number of ketones is 1. The number of halogens is 2. The molecule has 2 aliphatic rings. The SMILES string of the molecule is Cc1cc2c(cc1-c1ccc(C(=O)Cc3c(F)cccc3F)cc1)OC1(CCC1)CC2. The molecule has 158 valence electrons. The maximum atomic E-state index is 13.9. The molecule has 0 bridgehead atoms. The monoisotopic (exact) mass is 418 g/mol. The predicted octanol–water partition coefficient (Wildman–Crippen LogP) is 6.61. The van der Waals surface area contributed by atoms with E-state index in [9.17, 15) is 13.6 Å². The standard InChI is InChI=1S/C27H24F2O2/c1-17-14-20-10-13-27(11-3-12-27)31-26(20)16-21(17)18-6-8-19(9-7-18)25(30)15-22-23(28)4-2-5-24(22)29/h2,4-9,14,16H,3,10-13,15H2,1H3. The maximum absolute atomic E-state index is 13.9. The Labute approximate surface area is 180 Å². The molecular formula is C27H24F2O2. The minimum atomic E-state index is -0.695. The Morgan fingerprint density at radius 3 is 2.35 bits per heavy atom. The van der Waals surface area contributed by atoms with Gasteiger partial charge in [0.25, 0.3) is 0 Å². The highest BCUT2D eigenvalue weighted by Crippen LogP contribution is 2.46. The molecule has 3 aromatic carbocycles. The van der Waals surface area contributed by atoms with Gasteiger partial charge >= 0.3 is 0 Å². The summed E-state index contributed by atoms with van der Waals surface area (Å²) in [5.41, 5.74) is 4.78. The van der Waals surface area contributed by atoms with E-state index >= 15 is 0 Å². The van der Waals surface area contributed by atoms with Gasteiger partial charge < -0.3 is 4.74 Å². The molecule has 0 unspecified atom stereocenters. The number of rotatable bonds is 4. The first-order chi connectivity index (χ1) is 14.9. The minimum absolute atomic E-state index is 0.0395. The van der Waals surface area contributed by atoms with E-state index in [1.54, 1.807) is 12.1 Å². The molecule has 0 aromatic heterocycles. The normalized spacial score (nSPS) is 16.4. The Morgan fingerprint density at radius 1 is 1.00 bits per heavy atom. The molecule has 31 heavy (non-hydrogen) atoms. The zero-order chi connectivity index (χ0) is 21.6. The molecule has 1 saturated carbocycles. The second kappa shape index (κ2) is 7.60. The molecule has 0 radical (unpaired) electrons. The van der Waals surface area contributed by atoms with Crippen LogP contribution in [0.1, 0.15) is 52.7 Å². The lowest BCUT2D eigenvalue weighted by Gasteiger charge is -2.45. The quantitative estimate of drug-likeness (QED) is 0.446. The lowest BCUT2D eigenvalue weighted by Crippen LogP contribution is -2.45. The van der Waals surface area contributed by atoms with Gasteiger partial charge in [0.15, 0.2) is 5.78 Å². The molecule has 0 atom stereocenters. The highest BCUT2D eigenvalue weighted by Gasteiger charge is 2.41. The molecular weight excluding hydrogens is 394 g/mol. The number of Topliss-reactive ketones (excluding diaryl/α,β-unsaturated/α-hetero) is 1. The summed E-state index contributed by atoms with van der Waals surface area (Å²) in [4.78, 5) is 12.6. The van der Waals surface area contributed by atoms with E-state index in [4.69, 9.17) is 4.74 Å². The first-order valence-corrected chi connectivity index (χ1v) is 10.8. The van der Waals surface area contributed by atoms with Crippen molar-refractivity contribution >= 4 is 5.78 Å². The molecule has 1 heterocycles. The van der Waals surface area contributed by atoms with Crippen LogP contribution in [0.4, 0.5) is 8.78 Å². The number of aryl methyl sites for hydroxylation is 2. The van der Waals surface area contributed by atoms with Crippen LogP contribution in [0.25, 0.3) is 11.1 Å². The van der Waals surface area contributed by atoms with Crippen molar-refractivity contribution in [1.29, 1.82) is 0 Å². The fraction of sp³-hybridized carbons (Fsp3) is 0.296. The third-order valence-electron chi connectivity index (χ3n) is 6.77. The third-order valence-corrected chi connectivity index (χ3v) is 6.77. The summed E-state index contributed by atoms with van der Waals surface area (Å²) in [5.74, 6) is -0.729. The Balaban J connectivity index is 1.39. The van der Waals surface area contributed by atoms with Crippen LogP contribution >= 0.6 is 0 Å². The van der Waals surface area contributed by atoms with E-state index in [0.717, 1.165) is 42.6 Å². The lowest BCUT2D eigenvalue weighted by molar-refractivity contribution is -0.0249. The molecule has 5 rings (SSSR count). The summed E-state index contributed by atoms with van der Waals surface area (Å²) < 4.78 is 34.1. The average Bonchev–Trinajstić information content (AvgIpc) is 2.74. The van der Waals surface area contributed by atoms with Crippen LogP contribution in [-0.2, 0) is 12.8 Å². The van der Waals surface area contributed by atoms with Gasteiger partial charge in [0.2, 0.25) is 0 Å². The molecule has 0 amide bonds. The van der Waals surface area contributed by atoms with Crippen LogP contribution in [0.3, 0.4) is 0 Å². The summed E-state index contributed by atoms with van der Waals surface area (Å²) in [6.45, 7) is 2.09. The number of carbonyl (C=O) groups excluding carboxylic acids is 1. The maximum Gasteiger partial charge on any atom is 0.167 e. The van der Waals surface area contributed by atoms with Gasteiger partial charge in [-0.05, 0) is 79.5 Å². The molecule has 0 N–H and O–H groups in total. The molecule has 1 aliphatic heterocycles. The average molecular weight is 418 g/mol. The largest absolute Gasteiger partial charge is 0.487 e. The van der Waals surface area contributed by atoms with Crippen LogP contribution in [0, 0.1) is 18.6 Å². The van der Waals surface area contributed by atoms with Gasteiger partial charge in [0.05, 0.1) is 0 Å². The predicted molar refractivity (Wildman–Crippen MR) is 117 cm³/mol. The fourth-order valence-corrected chi connectivity index (χ4v) is 4.72. The fourth-order valence-electron chi connectivity index (χ4n) is 4.72. The van der Waals surface area contributed by atoms with Gasteiger partial charge in [0.1, 0.15) is 23.0 Å². The van der Waals surface area contributed by atoms with Crippen molar-refractivity contribution in [3.63, 3.8) is 0 Å². The van der Waals surface area contributed by atoms with Gasteiger partial charge in [-0.25, -0.2) is 8.78 Å². The van der Waals surface area contributed by atoms with E-state index in [2.05, 4.69) is 19.1 Å². The van der Waals surface area contributed by atoms with Crippen molar-refractivity contribution in [2.75, 3.05) is 0 Å². The zero-order valence-electron chi connectivity index (χ0n) is 17.5. The van der Waals surface area contributed by atoms with E-state index in [-0.39, 0.29) is 23.4 Å². The second-order valence-corrected chi connectivity index (χ2v) is 8.79. The Bertz CT molecular complexity index is 1140. The Morgan fingerprint density at radius 2 is 1.71 bits per heavy atom. The Kier molecular flexibility index (Phi) is 4.88. The van der Waals surface area contributed by atoms with E-state index < -0.39 is 11.6 Å². The van der Waals surface area contributed by atoms with Gasteiger partial charge in [-0.15, -0.1) is 0 Å². The number of benzene rings is 3. The smallest absolute Gasteiger partial charge is 0.167 e. The molecule has 2 nitrogen and oxygen atoms in total. The van der Waals surface area contributed by atoms with Crippen LogP contribution < -0.4 is 4.74 Å². The number of ether oxygens (including phenoxy) is 1. The van der Waals surface area contributed by atoms with Crippen molar-refractivity contribution in [3.8, 4) is 16.9 Å². The van der Waals surface area contributed by atoms with Crippen molar-refractivity contribution in [2.24, 2.45) is 0 Å². The van der Waals surface area contributed by atoms with E-state index in [1.165, 1.54) is 35.7 Å². The molecule has 1 fully saturated rings. The van der Waals surface area contributed by atoms with E-state index in [1.807, 2.05) is 12.1 Å². The molecule has 3 aromatic rings. The summed E-state index contributed by atoms with van der Waals surface area (Å²) in [7, 11) is 0. The number of carbonyl (C=O) groups is 1. The van der Waals surface area contributed by atoms with Crippen molar-refractivity contribution < 1.29 is 18.3 Å². The lowest BCUT2D eigenvalue weighted by atomic mass is 9.74. The van der Waals surface area contributed by atoms with E-state index in [0.29, 0.717) is 5.56 Å². The summed E-state index contributed by atoms with van der Waals surface area (Å²) in [5, 5.41) is 0. The van der Waals surface area contributed by atoms with Gasteiger partial charge in [-0.3, -0.25) is 4.79 Å². The highest BCUT2D eigenvalue weighted by atomic mass is 19.1. The number of hydrogen-bond acceptors (Lipinski definition) is 2. The first-order valence-electron chi connectivity index (χ1n) is 10.8. The number of hydrogen-bond donors (Lipinski definition) is 0.